The van der Waals surface area contributed by atoms with Crippen LogP contribution in [0.3, 0.4) is 0 Å². The maximum Gasteiger partial charge on any atom is 0.387 e. The zero-order valence-electron chi connectivity index (χ0n) is 10.6. The molecule has 1 aromatic rings. The van der Waals surface area contributed by atoms with Crippen molar-refractivity contribution in [3.05, 3.63) is 29.8 Å². The summed E-state index contributed by atoms with van der Waals surface area (Å²) < 4.78 is 28.6. The first kappa shape index (κ1) is 13.7. The van der Waals surface area contributed by atoms with E-state index in [1.807, 2.05) is 6.92 Å². The van der Waals surface area contributed by atoms with Gasteiger partial charge in [-0.25, -0.2) is 0 Å². The minimum atomic E-state index is -2.88. The van der Waals surface area contributed by atoms with Crippen LogP contribution >= 0.6 is 0 Å². The van der Waals surface area contributed by atoms with Gasteiger partial charge < -0.3 is 15.0 Å². The number of carbonyl (C=O) groups is 1. The molecule has 2 rings (SSSR count). The molecule has 1 aliphatic heterocycles. The van der Waals surface area contributed by atoms with Gasteiger partial charge in [0.25, 0.3) is 5.91 Å². The van der Waals surface area contributed by atoms with Crippen molar-refractivity contribution < 1.29 is 18.3 Å². The fourth-order valence-corrected chi connectivity index (χ4v) is 2.10. The Hall–Kier alpha value is -1.69. The van der Waals surface area contributed by atoms with Crippen LogP contribution in [0.2, 0.25) is 0 Å². The number of halogens is 2. The van der Waals surface area contributed by atoms with Crippen LogP contribution < -0.4 is 10.1 Å². The largest absolute Gasteiger partial charge is 0.435 e. The van der Waals surface area contributed by atoms with Crippen molar-refractivity contribution in [1.29, 1.82) is 0 Å². The zero-order chi connectivity index (χ0) is 13.8. The lowest BCUT2D eigenvalue weighted by molar-refractivity contribution is -0.0499. The lowest BCUT2D eigenvalue weighted by Gasteiger charge is -2.32. The van der Waals surface area contributed by atoms with Crippen molar-refractivity contribution in [2.75, 3.05) is 19.6 Å². The standard InChI is InChI=1S/C13H16F2N2O2/c1-9-8-17(6-5-16-9)12(18)10-3-2-4-11(7-10)19-13(14)15/h2-4,7,9,13,16H,5-6,8H2,1H3. The van der Waals surface area contributed by atoms with Gasteiger partial charge in [0, 0.05) is 31.2 Å². The van der Waals surface area contributed by atoms with E-state index < -0.39 is 6.61 Å². The number of hydrogen-bond donors (Lipinski definition) is 1. The summed E-state index contributed by atoms with van der Waals surface area (Å²) in [7, 11) is 0. The molecule has 1 N–H and O–H groups in total. The molecule has 0 aromatic heterocycles. The monoisotopic (exact) mass is 270 g/mol. The number of alkyl halides is 2. The molecule has 0 spiro atoms. The molecule has 0 bridgehead atoms. The van der Waals surface area contributed by atoms with Crippen LogP contribution in [-0.4, -0.2) is 43.1 Å². The van der Waals surface area contributed by atoms with Crippen LogP contribution in [-0.2, 0) is 0 Å². The lowest BCUT2D eigenvalue weighted by atomic mass is 10.1. The molecule has 1 fully saturated rings. The minimum absolute atomic E-state index is 0.00373. The molecule has 1 aliphatic rings. The molecule has 1 aromatic carbocycles. The lowest BCUT2D eigenvalue weighted by Crippen LogP contribution is -2.51. The van der Waals surface area contributed by atoms with Crippen LogP contribution in [0.1, 0.15) is 17.3 Å². The van der Waals surface area contributed by atoms with Gasteiger partial charge in [0.2, 0.25) is 0 Å². The number of hydrogen-bond acceptors (Lipinski definition) is 3. The topological polar surface area (TPSA) is 41.6 Å². The molecule has 0 radical (unpaired) electrons. The Morgan fingerprint density at radius 2 is 2.32 bits per heavy atom. The average molecular weight is 270 g/mol. The van der Waals surface area contributed by atoms with E-state index in [0.29, 0.717) is 18.7 Å². The van der Waals surface area contributed by atoms with Gasteiger partial charge in [-0.15, -0.1) is 0 Å². The van der Waals surface area contributed by atoms with Crippen molar-refractivity contribution in [3.63, 3.8) is 0 Å². The van der Waals surface area contributed by atoms with E-state index in [9.17, 15) is 13.6 Å². The summed E-state index contributed by atoms with van der Waals surface area (Å²) in [4.78, 5) is 13.9. The van der Waals surface area contributed by atoms with Crippen molar-refractivity contribution in [3.8, 4) is 5.75 Å². The first-order valence-electron chi connectivity index (χ1n) is 6.14. The van der Waals surface area contributed by atoms with Crippen molar-refractivity contribution >= 4 is 5.91 Å². The predicted molar refractivity (Wildman–Crippen MR) is 66.4 cm³/mol. The number of nitrogens with one attached hydrogen (secondary N) is 1. The van der Waals surface area contributed by atoms with E-state index in [1.54, 1.807) is 11.0 Å². The molecule has 1 saturated heterocycles. The van der Waals surface area contributed by atoms with Crippen molar-refractivity contribution in [1.82, 2.24) is 10.2 Å². The number of benzene rings is 1. The third-order valence-electron chi connectivity index (χ3n) is 2.96. The summed E-state index contributed by atoms with van der Waals surface area (Å²) in [6, 6.07) is 6.13. The highest BCUT2D eigenvalue weighted by atomic mass is 19.3. The van der Waals surface area contributed by atoms with Crippen LogP contribution in [0.25, 0.3) is 0 Å². The number of rotatable bonds is 3. The quantitative estimate of drug-likeness (QED) is 0.909. The maximum absolute atomic E-state index is 12.2. The number of nitrogens with zero attached hydrogens (tertiary/aromatic N) is 1. The molecule has 1 amide bonds. The second-order valence-corrected chi connectivity index (χ2v) is 4.51. The van der Waals surface area contributed by atoms with Gasteiger partial charge in [0.05, 0.1) is 0 Å². The Bertz CT molecular complexity index is 454. The van der Waals surface area contributed by atoms with Gasteiger partial charge in [-0.2, -0.15) is 8.78 Å². The molecular weight excluding hydrogens is 254 g/mol. The SMILES string of the molecule is CC1CN(C(=O)c2cccc(OC(F)F)c2)CCN1. The van der Waals surface area contributed by atoms with Crippen LogP contribution in [0.5, 0.6) is 5.75 Å². The summed E-state index contributed by atoms with van der Waals surface area (Å²) in [5, 5.41) is 3.24. The van der Waals surface area contributed by atoms with Crippen molar-refractivity contribution in [2.45, 2.75) is 19.6 Å². The van der Waals surface area contributed by atoms with Gasteiger partial charge in [-0.3, -0.25) is 4.79 Å². The van der Waals surface area contributed by atoms with Crippen LogP contribution in [0, 0.1) is 0 Å². The Morgan fingerprint density at radius 3 is 3.00 bits per heavy atom. The first-order chi connectivity index (χ1) is 9.06. The molecule has 1 atom stereocenters. The zero-order valence-corrected chi connectivity index (χ0v) is 10.6. The summed E-state index contributed by atoms with van der Waals surface area (Å²) in [6.45, 7) is 1.07. The Morgan fingerprint density at radius 1 is 1.53 bits per heavy atom. The summed E-state index contributed by atoms with van der Waals surface area (Å²) in [5.74, 6) is -0.155. The summed E-state index contributed by atoms with van der Waals surface area (Å²) in [6.07, 6.45) is 0. The number of amides is 1. The molecule has 4 nitrogen and oxygen atoms in total. The minimum Gasteiger partial charge on any atom is -0.435 e. The Balaban J connectivity index is 2.10. The average Bonchev–Trinajstić information content (AvgIpc) is 2.37. The Kier molecular flexibility index (Phi) is 4.31. The van der Waals surface area contributed by atoms with E-state index in [1.165, 1.54) is 18.2 Å². The first-order valence-corrected chi connectivity index (χ1v) is 6.14. The van der Waals surface area contributed by atoms with E-state index in [4.69, 9.17) is 0 Å². The molecular formula is C13H16F2N2O2. The molecule has 1 unspecified atom stereocenters. The highest BCUT2D eigenvalue weighted by Gasteiger charge is 2.22. The Labute approximate surface area is 110 Å². The van der Waals surface area contributed by atoms with Crippen LogP contribution in [0.15, 0.2) is 24.3 Å². The molecule has 1 heterocycles. The highest BCUT2D eigenvalue weighted by Crippen LogP contribution is 2.17. The number of piperazine rings is 1. The van der Waals surface area contributed by atoms with Gasteiger partial charge >= 0.3 is 6.61 Å². The second kappa shape index (κ2) is 5.97. The van der Waals surface area contributed by atoms with Gasteiger partial charge in [0.15, 0.2) is 0 Å². The maximum atomic E-state index is 12.2. The van der Waals surface area contributed by atoms with E-state index in [-0.39, 0.29) is 17.7 Å². The molecule has 104 valence electrons. The number of carbonyl (C=O) groups excluding carboxylic acids is 1. The summed E-state index contributed by atoms with van der Waals surface area (Å²) >= 11 is 0. The third kappa shape index (κ3) is 3.64. The van der Waals surface area contributed by atoms with Gasteiger partial charge in [0.1, 0.15) is 5.75 Å². The molecule has 0 saturated carbocycles. The molecule has 0 aliphatic carbocycles. The second-order valence-electron chi connectivity index (χ2n) is 4.51. The smallest absolute Gasteiger partial charge is 0.387 e. The van der Waals surface area contributed by atoms with Gasteiger partial charge in [-0.1, -0.05) is 6.07 Å². The predicted octanol–water partition coefficient (Wildman–Crippen LogP) is 1.72. The van der Waals surface area contributed by atoms with E-state index in [0.717, 1.165) is 6.54 Å². The van der Waals surface area contributed by atoms with E-state index in [2.05, 4.69) is 10.1 Å². The number of ether oxygens (including phenoxy) is 1. The van der Waals surface area contributed by atoms with E-state index >= 15 is 0 Å². The fourth-order valence-electron chi connectivity index (χ4n) is 2.10. The normalized spacial score (nSPS) is 19.6. The van der Waals surface area contributed by atoms with Crippen LogP contribution in [0.4, 0.5) is 8.78 Å². The van der Waals surface area contributed by atoms with Crippen molar-refractivity contribution in [2.24, 2.45) is 0 Å². The fraction of sp³-hybridized carbons (Fsp3) is 0.462. The molecule has 19 heavy (non-hydrogen) atoms. The molecule has 6 heteroatoms. The highest BCUT2D eigenvalue weighted by molar-refractivity contribution is 5.94. The third-order valence-corrected chi connectivity index (χ3v) is 2.96. The van der Waals surface area contributed by atoms with Gasteiger partial charge in [-0.05, 0) is 25.1 Å². The summed E-state index contributed by atoms with van der Waals surface area (Å²) in [5.41, 5.74) is 0.368.